The SMILES string of the molecule is O=C(Nc1ccccc1Cn1cncn1)c1ccc(S(=O)(=O)C(F)(F)F)cc1. The van der Waals surface area contributed by atoms with Crippen molar-refractivity contribution in [1.82, 2.24) is 14.8 Å². The molecule has 28 heavy (non-hydrogen) atoms. The molecule has 3 aromatic rings. The highest BCUT2D eigenvalue weighted by Crippen LogP contribution is 2.30. The molecule has 3 rings (SSSR count). The highest BCUT2D eigenvalue weighted by atomic mass is 32.2. The Balaban J connectivity index is 1.79. The monoisotopic (exact) mass is 410 g/mol. The number of aromatic nitrogens is 3. The summed E-state index contributed by atoms with van der Waals surface area (Å²) in [4.78, 5) is 15.3. The van der Waals surface area contributed by atoms with Gasteiger partial charge in [-0.1, -0.05) is 18.2 Å². The lowest BCUT2D eigenvalue weighted by Crippen LogP contribution is -2.23. The molecule has 1 N–H and O–H groups in total. The Labute approximate surface area is 157 Å². The van der Waals surface area contributed by atoms with E-state index in [9.17, 15) is 26.4 Å². The van der Waals surface area contributed by atoms with Gasteiger partial charge in [-0.25, -0.2) is 18.1 Å². The van der Waals surface area contributed by atoms with Crippen molar-refractivity contribution in [3.8, 4) is 0 Å². The van der Waals surface area contributed by atoms with Crippen LogP contribution in [0.15, 0.2) is 66.1 Å². The van der Waals surface area contributed by atoms with E-state index in [0.717, 1.165) is 29.8 Å². The van der Waals surface area contributed by atoms with Gasteiger partial charge in [0.15, 0.2) is 0 Å². The minimum atomic E-state index is -5.46. The topological polar surface area (TPSA) is 93.9 Å². The number of halogens is 3. The predicted octanol–water partition coefficient (Wildman–Crippen LogP) is 2.87. The summed E-state index contributed by atoms with van der Waals surface area (Å²) in [6, 6.07) is 10.5. The van der Waals surface area contributed by atoms with E-state index < -0.39 is 26.1 Å². The van der Waals surface area contributed by atoms with E-state index in [1.54, 1.807) is 28.9 Å². The Morgan fingerprint density at radius 3 is 2.36 bits per heavy atom. The number of amides is 1. The normalized spacial score (nSPS) is 12.0. The fourth-order valence-corrected chi connectivity index (χ4v) is 3.14. The Morgan fingerprint density at radius 2 is 1.75 bits per heavy atom. The maximum absolute atomic E-state index is 12.6. The minimum absolute atomic E-state index is 0.0108. The molecular weight excluding hydrogens is 397 g/mol. The first-order valence-corrected chi connectivity index (χ1v) is 9.30. The molecule has 11 heteroatoms. The van der Waals surface area contributed by atoms with Crippen LogP contribution < -0.4 is 5.32 Å². The van der Waals surface area contributed by atoms with Gasteiger partial charge in [-0.3, -0.25) is 4.79 Å². The van der Waals surface area contributed by atoms with Crippen LogP contribution in [0, 0.1) is 0 Å². The molecule has 0 aliphatic heterocycles. The second-order valence-electron chi connectivity index (χ2n) is 5.68. The second-order valence-corrected chi connectivity index (χ2v) is 7.62. The third-order valence-corrected chi connectivity index (χ3v) is 5.30. The van der Waals surface area contributed by atoms with E-state index in [-0.39, 0.29) is 5.56 Å². The molecule has 1 heterocycles. The molecule has 0 atom stereocenters. The smallest absolute Gasteiger partial charge is 0.322 e. The Bertz CT molecular complexity index is 1080. The molecule has 0 bridgehead atoms. The van der Waals surface area contributed by atoms with Crippen LogP contribution >= 0.6 is 0 Å². The molecule has 0 fully saturated rings. The first kappa shape index (κ1) is 19.5. The highest BCUT2D eigenvalue weighted by Gasteiger charge is 2.46. The summed E-state index contributed by atoms with van der Waals surface area (Å²) >= 11 is 0. The zero-order chi connectivity index (χ0) is 20.4. The number of carbonyl (C=O) groups is 1. The quantitative estimate of drug-likeness (QED) is 0.698. The van der Waals surface area contributed by atoms with Gasteiger partial charge in [-0.05, 0) is 35.9 Å². The number of nitrogens with one attached hydrogen (secondary N) is 1. The second kappa shape index (κ2) is 7.43. The highest BCUT2D eigenvalue weighted by molar-refractivity contribution is 7.92. The van der Waals surface area contributed by atoms with Crippen LogP contribution in [0.2, 0.25) is 0 Å². The maximum Gasteiger partial charge on any atom is 0.501 e. The largest absolute Gasteiger partial charge is 0.501 e. The molecule has 0 saturated heterocycles. The van der Waals surface area contributed by atoms with Crippen molar-refractivity contribution in [2.75, 3.05) is 5.32 Å². The lowest BCUT2D eigenvalue weighted by molar-refractivity contribution is -0.0436. The maximum atomic E-state index is 12.6. The number of sulfone groups is 1. The lowest BCUT2D eigenvalue weighted by Gasteiger charge is -2.12. The first-order valence-electron chi connectivity index (χ1n) is 7.81. The molecule has 1 amide bonds. The van der Waals surface area contributed by atoms with Gasteiger partial charge in [-0.2, -0.15) is 18.3 Å². The fourth-order valence-electron chi connectivity index (χ4n) is 2.38. The van der Waals surface area contributed by atoms with E-state index >= 15 is 0 Å². The molecule has 1 aromatic heterocycles. The summed E-state index contributed by atoms with van der Waals surface area (Å²) in [5.74, 6) is -0.595. The van der Waals surface area contributed by atoms with Crippen molar-refractivity contribution in [3.63, 3.8) is 0 Å². The van der Waals surface area contributed by atoms with Gasteiger partial charge in [-0.15, -0.1) is 0 Å². The predicted molar refractivity (Wildman–Crippen MR) is 93.2 cm³/mol. The summed E-state index contributed by atoms with van der Waals surface area (Å²) in [6.07, 6.45) is 2.89. The Morgan fingerprint density at radius 1 is 1.07 bits per heavy atom. The molecule has 0 aliphatic rings. The average molecular weight is 410 g/mol. The number of carbonyl (C=O) groups excluding carboxylic acids is 1. The van der Waals surface area contributed by atoms with E-state index in [2.05, 4.69) is 15.4 Å². The number of anilines is 1. The Hall–Kier alpha value is -3.21. The van der Waals surface area contributed by atoms with Crippen molar-refractivity contribution in [1.29, 1.82) is 0 Å². The molecule has 0 radical (unpaired) electrons. The number of nitrogens with zero attached hydrogens (tertiary/aromatic N) is 3. The van der Waals surface area contributed by atoms with Gasteiger partial charge < -0.3 is 5.32 Å². The summed E-state index contributed by atoms with van der Waals surface area (Å²) in [6.45, 7) is 0.346. The van der Waals surface area contributed by atoms with Gasteiger partial charge in [0.25, 0.3) is 15.7 Å². The van der Waals surface area contributed by atoms with Crippen LogP contribution in [0.4, 0.5) is 18.9 Å². The summed E-state index contributed by atoms with van der Waals surface area (Å²) < 4.78 is 62.1. The number of para-hydroxylation sites is 1. The van der Waals surface area contributed by atoms with E-state index in [4.69, 9.17) is 0 Å². The summed E-state index contributed by atoms with van der Waals surface area (Å²) in [5.41, 5.74) is -4.18. The summed E-state index contributed by atoms with van der Waals surface area (Å²) in [7, 11) is -5.46. The van der Waals surface area contributed by atoms with Gasteiger partial charge in [0, 0.05) is 11.3 Å². The zero-order valence-corrected chi connectivity index (χ0v) is 14.9. The standard InChI is InChI=1S/C17H13F3N4O3S/c18-17(19,20)28(26,27)14-7-5-12(6-8-14)16(25)23-15-4-2-1-3-13(15)9-24-11-21-10-22-24/h1-8,10-11H,9H2,(H,23,25). The molecule has 0 aliphatic carbocycles. The van der Waals surface area contributed by atoms with Gasteiger partial charge >= 0.3 is 5.51 Å². The third-order valence-electron chi connectivity index (χ3n) is 3.80. The zero-order valence-electron chi connectivity index (χ0n) is 14.1. The molecule has 7 nitrogen and oxygen atoms in total. The van der Waals surface area contributed by atoms with E-state index in [1.165, 1.54) is 12.7 Å². The lowest BCUT2D eigenvalue weighted by atomic mass is 10.1. The fraction of sp³-hybridized carbons (Fsp3) is 0.118. The van der Waals surface area contributed by atoms with Gasteiger partial charge in [0.2, 0.25) is 0 Å². The van der Waals surface area contributed by atoms with Crippen LogP contribution in [-0.2, 0) is 16.4 Å². The molecular formula is C17H13F3N4O3S. The molecule has 2 aromatic carbocycles. The average Bonchev–Trinajstić information content (AvgIpc) is 3.15. The van der Waals surface area contributed by atoms with Gasteiger partial charge in [0.1, 0.15) is 12.7 Å². The molecule has 0 saturated carbocycles. The van der Waals surface area contributed by atoms with Gasteiger partial charge in [0.05, 0.1) is 11.4 Å². The number of alkyl halides is 3. The van der Waals surface area contributed by atoms with Crippen molar-refractivity contribution in [2.24, 2.45) is 0 Å². The first-order chi connectivity index (χ1) is 13.2. The van der Waals surface area contributed by atoms with E-state index in [1.807, 2.05) is 0 Å². The number of rotatable bonds is 5. The van der Waals surface area contributed by atoms with Crippen molar-refractivity contribution in [2.45, 2.75) is 16.9 Å². The number of hydrogen-bond acceptors (Lipinski definition) is 5. The Kier molecular flexibility index (Phi) is 5.18. The minimum Gasteiger partial charge on any atom is -0.322 e. The molecule has 0 unspecified atom stereocenters. The van der Waals surface area contributed by atoms with Crippen LogP contribution in [0.1, 0.15) is 15.9 Å². The van der Waals surface area contributed by atoms with E-state index in [0.29, 0.717) is 12.2 Å². The number of benzene rings is 2. The molecule has 146 valence electrons. The van der Waals surface area contributed by atoms with Crippen molar-refractivity contribution < 1.29 is 26.4 Å². The van der Waals surface area contributed by atoms with Crippen LogP contribution in [0.25, 0.3) is 0 Å². The third kappa shape index (κ3) is 4.03. The van der Waals surface area contributed by atoms with Crippen molar-refractivity contribution >= 4 is 21.4 Å². The van der Waals surface area contributed by atoms with Crippen LogP contribution in [-0.4, -0.2) is 34.6 Å². The summed E-state index contributed by atoms with van der Waals surface area (Å²) in [5, 5.41) is 6.64. The van der Waals surface area contributed by atoms with Crippen LogP contribution in [0.5, 0.6) is 0 Å². The number of hydrogen-bond donors (Lipinski definition) is 1. The van der Waals surface area contributed by atoms with Crippen molar-refractivity contribution in [3.05, 3.63) is 72.3 Å². The van der Waals surface area contributed by atoms with Crippen LogP contribution in [0.3, 0.4) is 0 Å². The molecule has 0 spiro atoms.